The minimum atomic E-state index is 0.837. The van der Waals surface area contributed by atoms with Gasteiger partial charge in [-0.3, -0.25) is 0 Å². The summed E-state index contributed by atoms with van der Waals surface area (Å²) in [5.74, 6) is 2.89. The summed E-state index contributed by atoms with van der Waals surface area (Å²) in [6.45, 7) is 13.6. The lowest BCUT2D eigenvalue weighted by atomic mass is 10.2. The monoisotopic (exact) mass is 250 g/mol. The van der Waals surface area contributed by atoms with Crippen LogP contribution in [-0.2, 0) is 0 Å². The second-order valence-electron chi connectivity index (χ2n) is 4.59. The molecule has 0 atom stereocenters. The van der Waals surface area contributed by atoms with E-state index in [1.54, 1.807) is 0 Å². The van der Waals surface area contributed by atoms with Gasteiger partial charge in [0.25, 0.3) is 0 Å². The molecule has 0 aliphatic heterocycles. The quantitative estimate of drug-likeness (QED) is 0.807. The fourth-order valence-corrected chi connectivity index (χ4v) is 2.12. The van der Waals surface area contributed by atoms with Crippen molar-refractivity contribution in [2.75, 3.05) is 29.9 Å². The van der Waals surface area contributed by atoms with E-state index in [9.17, 15) is 0 Å². The first kappa shape index (κ1) is 14.7. The minimum Gasteiger partial charge on any atom is -0.370 e. The molecule has 1 aromatic heterocycles. The maximum absolute atomic E-state index is 4.63. The van der Waals surface area contributed by atoms with Gasteiger partial charge in [0.1, 0.15) is 17.5 Å². The molecule has 4 heteroatoms. The molecule has 0 amide bonds. The van der Waals surface area contributed by atoms with Gasteiger partial charge in [0.15, 0.2) is 0 Å². The normalized spacial score (nSPS) is 10.5. The molecule has 0 aliphatic carbocycles. The molecule has 102 valence electrons. The van der Waals surface area contributed by atoms with Crippen LogP contribution in [0.1, 0.15) is 45.0 Å². The summed E-state index contributed by atoms with van der Waals surface area (Å²) in [6, 6.07) is 0. The fourth-order valence-electron chi connectivity index (χ4n) is 2.12. The van der Waals surface area contributed by atoms with Crippen LogP contribution in [0.5, 0.6) is 0 Å². The Morgan fingerprint density at radius 1 is 1.00 bits per heavy atom. The van der Waals surface area contributed by atoms with Crippen LogP contribution in [0.15, 0.2) is 0 Å². The molecule has 0 aliphatic rings. The molecule has 0 spiro atoms. The Kier molecular flexibility index (Phi) is 5.89. The Bertz CT molecular complexity index is 370. The highest BCUT2D eigenvalue weighted by Gasteiger charge is 2.14. The van der Waals surface area contributed by atoms with Crippen LogP contribution in [0.3, 0.4) is 0 Å². The molecular weight excluding hydrogens is 224 g/mol. The van der Waals surface area contributed by atoms with Gasteiger partial charge in [-0.2, -0.15) is 0 Å². The summed E-state index contributed by atoms with van der Waals surface area (Å²) in [5.41, 5.74) is 1.16. The molecule has 0 unspecified atom stereocenters. The Hall–Kier alpha value is -1.32. The smallest absolute Gasteiger partial charge is 0.137 e. The first-order chi connectivity index (χ1) is 8.63. The van der Waals surface area contributed by atoms with Crippen LogP contribution in [-0.4, -0.2) is 29.6 Å². The molecule has 0 saturated heterocycles. The van der Waals surface area contributed by atoms with Crippen LogP contribution < -0.4 is 10.2 Å². The average molecular weight is 250 g/mol. The zero-order valence-corrected chi connectivity index (χ0v) is 12.4. The molecule has 18 heavy (non-hydrogen) atoms. The van der Waals surface area contributed by atoms with Crippen molar-refractivity contribution in [3.05, 3.63) is 11.4 Å². The van der Waals surface area contributed by atoms with Crippen molar-refractivity contribution in [3.63, 3.8) is 0 Å². The Balaban J connectivity index is 3.11. The van der Waals surface area contributed by atoms with Gasteiger partial charge in [0.05, 0.1) is 0 Å². The highest BCUT2D eigenvalue weighted by atomic mass is 15.2. The molecule has 1 rings (SSSR count). The molecule has 0 bridgehead atoms. The zero-order valence-electron chi connectivity index (χ0n) is 12.4. The van der Waals surface area contributed by atoms with Gasteiger partial charge in [-0.05, 0) is 33.6 Å². The molecule has 1 N–H and O–H groups in total. The number of hydrogen-bond donors (Lipinski definition) is 1. The van der Waals surface area contributed by atoms with E-state index in [1.165, 1.54) is 0 Å². The minimum absolute atomic E-state index is 0.837. The Morgan fingerprint density at radius 3 is 2.11 bits per heavy atom. The standard InChI is InChI=1S/C14H26N4/c1-6-9-18(10-7-2)14-11(4)13(15-8-3)16-12(5)17-14/h6-10H2,1-5H3,(H,15,16,17). The van der Waals surface area contributed by atoms with Gasteiger partial charge in [-0.1, -0.05) is 13.8 Å². The summed E-state index contributed by atoms with van der Waals surface area (Å²) in [5, 5.41) is 3.32. The summed E-state index contributed by atoms with van der Waals surface area (Å²) in [7, 11) is 0. The summed E-state index contributed by atoms with van der Waals surface area (Å²) in [6.07, 6.45) is 2.28. The summed E-state index contributed by atoms with van der Waals surface area (Å²) >= 11 is 0. The molecule has 0 aromatic carbocycles. The van der Waals surface area contributed by atoms with Crippen molar-refractivity contribution in [2.24, 2.45) is 0 Å². The predicted octanol–water partition coefficient (Wildman–Crippen LogP) is 3.15. The van der Waals surface area contributed by atoms with Gasteiger partial charge < -0.3 is 10.2 Å². The van der Waals surface area contributed by atoms with Gasteiger partial charge in [-0.15, -0.1) is 0 Å². The van der Waals surface area contributed by atoms with Crippen molar-refractivity contribution in [3.8, 4) is 0 Å². The number of aryl methyl sites for hydroxylation is 1. The molecule has 0 fully saturated rings. The van der Waals surface area contributed by atoms with E-state index < -0.39 is 0 Å². The van der Waals surface area contributed by atoms with Crippen LogP contribution in [0.25, 0.3) is 0 Å². The van der Waals surface area contributed by atoms with Crippen molar-refractivity contribution in [2.45, 2.75) is 47.5 Å². The van der Waals surface area contributed by atoms with Crippen LogP contribution in [0.4, 0.5) is 11.6 Å². The van der Waals surface area contributed by atoms with Crippen molar-refractivity contribution < 1.29 is 0 Å². The average Bonchev–Trinajstić information content (AvgIpc) is 2.33. The van der Waals surface area contributed by atoms with Crippen LogP contribution in [0, 0.1) is 13.8 Å². The number of rotatable bonds is 7. The van der Waals surface area contributed by atoms with E-state index in [2.05, 4.69) is 47.9 Å². The number of hydrogen-bond acceptors (Lipinski definition) is 4. The number of nitrogens with zero attached hydrogens (tertiary/aromatic N) is 3. The number of anilines is 2. The van der Waals surface area contributed by atoms with Crippen LogP contribution >= 0.6 is 0 Å². The topological polar surface area (TPSA) is 41.1 Å². The lowest BCUT2D eigenvalue weighted by Gasteiger charge is -2.25. The highest BCUT2D eigenvalue weighted by molar-refractivity contribution is 5.58. The second-order valence-corrected chi connectivity index (χ2v) is 4.59. The first-order valence-electron chi connectivity index (χ1n) is 6.98. The molecule has 0 radical (unpaired) electrons. The van der Waals surface area contributed by atoms with Crippen molar-refractivity contribution in [1.82, 2.24) is 9.97 Å². The Morgan fingerprint density at radius 2 is 1.61 bits per heavy atom. The third-order valence-corrected chi connectivity index (χ3v) is 2.86. The second kappa shape index (κ2) is 7.19. The van der Waals surface area contributed by atoms with Crippen molar-refractivity contribution >= 4 is 11.6 Å². The summed E-state index contributed by atoms with van der Waals surface area (Å²) in [4.78, 5) is 11.5. The molecule has 0 saturated carbocycles. The lowest BCUT2D eigenvalue weighted by molar-refractivity contribution is 0.727. The summed E-state index contributed by atoms with van der Waals surface area (Å²) < 4.78 is 0. The van der Waals surface area contributed by atoms with Crippen LogP contribution in [0.2, 0.25) is 0 Å². The molecule has 4 nitrogen and oxygen atoms in total. The highest BCUT2D eigenvalue weighted by Crippen LogP contribution is 2.23. The third kappa shape index (κ3) is 3.59. The molecular formula is C14H26N4. The number of nitrogens with one attached hydrogen (secondary N) is 1. The van der Waals surface area contributed by atoms with Crippen molar-refractivity contribution in [1.29, 1.82) is 0 Å². The largest absolute Gasteiger partial charge is 0.370 e. The van der Waals surface area contributed by atoms with E-state index in [-0.39, 0.29) is 0 Å². The van der Waals surface area contributed by atoms with Gasteiger partial charge >= 0.3 is 0 Å². The maximum Gasteiger partial charge on any atom is 0.137 e. The number of aromatic nitrogens is 2. The van der Waals surface area contributed by atoms with E-state index in [1.807, 2.05) is 6.92 Å². The third-order valence-electron chi connectivity index (χ3n) is 2.86. The molecule has 1 heterocycles. The zero-order chi connectivity index (χ0) is 13.5. The molecule has 1 aromatic rings. The van der Waals surface area contributed by atoms with E-state index in [0.717, 1.165) is 55.5 Å². The van der Waals surface area contributed by atoms with E-state index in [4.69, 9.17) is 0 Å². The SMILES string of the molecule is CCCN(CCC)c1nc(C)nc(NCC)c1C. The van der Waals surface area contributed by atoms with E-state index in [0.29, 0.717) is 0 Å². The lowest BCUT2D eigenvalue weighted by Crippen LogP contribution is -2.27. The Labute approximate surface area is 111 Å². The maximum atomic E-state index is 4.63. The van der Waals surface area contributed by atoms with Gasteiger partial charge in [0.2, 0.25) is 0 Å². The van der Waals surface area contributed by atoms with Gasteiger partial charge in [-0.25, -0.2) is 9.97 Å². The van der Waals surface area contributed by atoms with Gasteiger partial charge in [0, 0.05) is 25.2 Å². The fraction of sp³-hybridized carbons (Fsp3) is 0.714. The predicted molar refractivity (Wildman–Crippen MR) is 78.5 cm³/mol. The first-order valence-corrected chi connectivity index (χ1v) is 6.98. The van der Waals surface area contributed by atoms with E-state index >= 15 is 0 Å².